The number of halogens is 3. The van der Waals surface area contributed by atoms with E-state index in [2.05, 4.69) is 4.98 Å². The molecule has 0 amide bonds. The SMILES string of the molecule is Nc1ccc(/C=C/C(=O)O)cn1.O=C(O)C(F)(F)F. The maximum atomic E-state index is 10.6. The van der Waals surface area contributed by atoms with Gasteiger partial charge in [-0.2, -0.15) is 13.2 Å². The van der Waals surface area contributed by atoms with Gasteiger partial charge in [-0.25, -0.2) is 14.6 Å². The summed E-state index contributed by atoms with van der Waals surface area (Å²) in [5.74, 6) is -3.32. The zero-order valence-electron chi connectivity index (χ0n) is 9.26. The molecule has 0 aliphatic heterocycles. The maximum Gasteiger partial charge on any atom is 0.490 e. The third-order valence-electron chi connectivity index (χ3n) is 1.47. The first-order valence-electron chi connectivity index (χ1n) is 4.55. The molecule has 4 N–H and O–H groups in total. The van der Waals surface area contributed by atoms with Gasteiger partial charge < -0.3 is 15.9 Å². The number of anilines is 1. The van der Waals surface area contributed by atoms with Crippen LogP contribution in [0.5, 0.6) is 0 Å². The molecule has 0 unspecified atom stereocenters. The number of carboxylic acid groups (broad SMARTS) is 2. The fourth-order valence-electron chi connectivity index (χ4n) is 0.683. The molecule has 1 rings (SSSR count). The molecule has 0 aromatic carbocycles. The van der Waals surface area contributed by atoms with Crippen molar-refractivity contribution in [1.29, 1.82) is 0 Å². The van der Waals surface area contributed by atoms with E-state index in [4.69, 9.17) is 20.7 Å². The Morgan fingerprint density at radius 3 is 2.11 bits per heavy atom. The highest BCUT2D eigenvalue weighted by atomic mass is 19.4. The Morgan fingerprint density at radius 1 is 1.26 bits per heavy atom. The summed E-state index contributed by atoms with van der Waals surface area (Å²) in [5.41, 5.74) is 6.05. The number of carboxylic acids is 2. The Kier molecular flexibility index (Phi) is 6.04. The molecule has 0 saturated carbocycles. The molecule has 104 valence electrons. The van der Waals surface area contributed by atoms with Crippen LogP contribution < -0.4 is 5.73 Å². The first-order chi connectivity index (χ1) is 8.62. The third-order valence-corrected chi connectivity index (χ3v) is 1.47. The van der Waals surface area contributed by atoms with Crippen molar-refractivity contribution in [3.63, 3.8) is 0 Å². The van der Waals surface area contributed by atoms with Gasteiger partial charge in [0, 0.05) is 12.3 Å². The summed E-state index contributed by atoms with van der Waals surface area (Å²) in [7, 11) is 0. The highest BCUT2D eigenvalue weighted by molar-refractivity contribution is 5.85. The molecule has 0 bridgehead atoms. The van der Waals surface area contributed by atoms with Gasteiger partial charge in [0.25, 0.3) is 0 Å². The number of nitrogens with two attached hydrogens (primary N) is 1. The fraction of sp³-hybridized carbons (Fsp3) is 0.100. The highest BCUT2D eigenvalue weighted by Crippen LogP contribution is 2.13. The van der Waals surface area contributed by atoms with Crippen LogP contribution in [0.1, 0.15) is 5.56 Å². The van der Waals surface area contributed by atoms with E-state index in [0.717, 1.165) is 6.08 Å². The normalized spacial score (nSPS) is 10.7. The van der Waals surface area contributed by atoms with Crippen molar-refractivity contribution >= 4 is 23.8 Å². The number of aliphatic carboxylic acids is 2. The zero-order chi connectivity index (χ0) is 15.1. The largest absolute Gasteiger partial charge is 0.490 e. The summed E-state index contributed by atoms with van der Waals surface area (Å²) in [4.78, 5) is 22.8. The predicted octanol–water partition coefficient (Wildman–Crippen LogP) is 1.39. The Bertz CT molecular complexity index is 469. The Balaban J connectivity index is 0.000000399. The lowest BCUT2D eigenvalue weighted by atomic mass is 10.2. The maximum absolute atomic E-state index is 10.6. The molecule has 6 nitrogen and oxygen atoms in total. The Labute approximate surface area is 105 Å². The van der Waals surface area contributed by atoms with Crippen LogP contribution in [0.3, 0.4) is 0 Å². The number of hydrogen-bond acceptors (Lipinski definition) is 4. The van der Waals surface area contributed by atoms with Crippen molar-refractivity contribution in [2.24, 2.45) is 0 Å². The van der Waals surface area contributed by atoms with Gasteiger partial charge in [0.2, 0.25) is 0 Å². The lowest BCUT2D eigenvalue weighted by Crippen LogP contribution is -2.21. The molecule has 0 fully saturated rings. The third kappa shape index (κ3) is 8.18. The molecule has 19 heavy (non-hydrogen) atoms. The van der Waals surface area contributed by atoms with Gasteiger partial charge in [0.1, 0.15) is 5.82 Å². The van der Waals surface area contributed by atoms with E-state index in [1.165, 1.54) is 12.3 Å². The molecule has 0 spiro atoms. The zero-order valence-corrected chi connectivity index (χ0v) is 9.26. The average Bonchev–Trinajstić information content (AvgIpc) is 2.27. The highest BCUT2D eigenvalue weighted by Gasteiger charge is 2.38. The topological polar surface area (TPSA) is 114 Å². The molecule has 1 aromatic heterocycles. The van der Waals surface area contributed by atoms with Crippen LogP contribution in [0.4, 0.5) is 19.0 Å². The van der Waals surface area contributed by atoms with Crippen molar-refractivity contribution in [1.82, 2.24) is 4.98 Å². The molecule has 1 heterocycles. The summed E-state index contributed by atoms with van der Waals surface area (Å²) in [5, 5.41) is 15.4. The summed E-state index contributed by atoms with van der Waals surface area (Å²) in [6.07, 6.45) is -1.07. The molecule has 0 aliphatic rings. The second-order valence-electron chi connectivity index (χ2n) is 2.99. The van der Waals surface area contributed by atoms with Crippen molar-refractivity contribution in [3.05, 3.63) is 30.0 Å². The number of nitrogen functional groups attached to an aromatic ring is 1. The van der Waals surface area contributed by atoms with E-state index in [1.807, 2.05) is 0 Å². The van der Waals surface area contributed by atoms with Crippen molar-refractivity contribution in [3.8, 4) is 0 Å². The lowest BCUT2D eigenvalue weighted by Gasteiger charge is -1.93. The molecular weight excluding hydrogens is 269 g/mol. The van der Waals surface area contributed by atoms with Gasteiger partial charge in [-0.05, 0) is 23.8 Å². The molecule has 0 radical (unpaired) electrons. The minimum atomic E-state index is -5.08. The van der Waals surface area contributed by atoms with Crippen LogP contribution in [0.2, 0.25) is 0 Å². The van der Waals surface area contributed by atoms with E-state index in [-0.39, 0.29) is 0 Å². The first kappa shape index (κ1) is 16.4. The summed E-state index contributed by atoms with van der Waals surface area (Å²) >= 11 is 0. The van der Waals surface area contributed by atoms with Crippen LogP contribution in [0, 0.1) is 0 Å². The number of aromatic nitrogens is 1. The monoisotopic (exact) mass is 278 g/mol. The minimum absolute atomic E-state index is 0.419. The minimum Gasteiger partial charge on any atom is -0.478 e. The van der Waals surface area contributed by atoms with Gasteiger partial charge in [-0.3, -0.25) is 0 Å². The second-order valence-corrected chi connectivity index (χ2v) is 2.99. The van der Waals surface area contributed by atoms with Gasteiger partial charge in [0.15, 0.2) is 0 Å². The number of rotatable bonds is 2. The van der Waals surface area contributed by atoms with Crippen LogP contribution in [-0.4, -0.2) is 33.3 Å². The molecule has 0 aliphatic carbocycles. The van der Waals surface area contributed by atoms with Gasteiger partial charge in [-0.15, -0.1) is 0 Å². The van der Waals surface area contributed by atoms with Gasteiger partial charge in [-0.1, -0.05) is 0 Å². The fourth-order valence-corrected chi connectivity index (χ4v) is 0.683. The summed E-state index contributed by atoms with van der Waals surface area (Å²) in [6, 6.07) is 3.31. The predicted molar refractivity (Wildman–Crippen MR) is 59.0 cm³/mol. The lowest BCUT2D eigenvalue weighted by molar-refractivity contribution is -0.192. The van der Waals surface area contributed by atoms with Crippen molar-refractivity contribution < 1.29 is 33.0 Å². The number of carbonyl (C=O) groups is 2. The van der Waals surface area contributed by atoms with Crippen molar-refractivity contribution in [2.75, 3.05) is 5.73 Å². The number of hydrogen-bond donors (Lipinski definition) is 3. The van der Waals surface area contributed by atoms with E-state index in [1.54, 1.807) is 12.1 Å². The van der Waals surface area contributed by atoms with Crippen LogP contribution in [-0.2, 0) is 9.59 Å². The van der Waals surface area contributed by atoms with Crippen LogP contribution >= 0.6 is 0 Å². The van der Waals surface area contributed by atoms with E-state index < -0.39 is 18.1 Å². The van der Waals surface area contributed by atoms with E-state index in [9.17, 15) is 18.0 Å². The van der Waals surface area contributed by atoms with E-state index >= 15 is 0 Å². The van der Waals surface area contributed by atoms with Gasteiger partial charge >= 0.3 is 18.1 Å². The standard InChI is InChI=1S/C8H8N2O2.C2HF3O2/c9-7-3-1-6(5-10-7)2-4-8(11)12;3-2(4,5)1(6)7/h1-5H,(H2,9,10)(H,11,12);(H,6,7)/b4-2+;. The van der Waals surface area contributed by atoms with Crippen LogP contribution in [0.15, 0.2) is 24.4 Å². The Hall–Kier alpha value is -2.58. The Morgan fingerprint density at radius 2 is 1.79 bits per heavy atom. The molecule has 0 atom stereocenters. The first-order valence-corrected chi connectivity index (χ1v) is 4.55. The summed E-state index contributed by atoms with van der Waals surface area (Å²) in [6.45, 7) is 0. The quantitative estimate of drug-likeness (QED) is 0.704. The molecule has 0 saturated heterocycles. The summed E-state index contributed by atoms with van der Waals surface area (Å²) < 4.78 is 31.7. The second kappa shape index (κ2) is 6.99. The molecule has 9 heteroatoms. The number of pyridine rings is 1. The molecular formula is C10H9F3N2O4. The molecule has 1 aromatic rings. The van der Waals surface area contributed by atoms with Gasteiger partial charge in [0.05, 0.1) is 0 Å². The van der Waals surface area contributed by atoms with Crippen LogP contribution in [0.25, 0.3) is 6.08 Å². The van der Waals surface area contributed by atoms with E-state index in [0.29, 0.717) is 11.4 Å². The average molecular weight is 278 g/mol. The smallest absolute Gasteiger partial charge is 0.478 e. The van der Waals surface area contributed by atoms with Crippen molar-refractivity contribution in [2.45, 2.75) is 6.18 Å². The number of nitrogens with zero attached hydrogens (tertiary/aromatic N) is 1. The number of alkyl halides is 3.